The van der Waals surface area contributed by atoms with E-state index in [1.807, 2.05) is 41.1 Å². The normalized spacial score (nSPS) is 10.9. The molecule has 0 fully saturated rings. The van der Waals surface area contributed by atoms with Gasteiger partial charge in [0.15, 0.2) is 5.13 Å². The molecule has 0 unspecified atom stereocenters. The summed E-state index contributed by atoms with van der Waals surface area (Å²) in [4.78, 5) is 16.6. The molecule has 0 aliphatic carbocycles. The van der Waals surface area contributed by atoms with Crippen LogP contribution < -0.4 is 11.1 Å². The molecule has 4 aromatic rings. The number of primary amides is 1. The number of thiazole rings is 1. The van der Waals surface area contributed by atoms with E-state index in [1.165, 1.54) is 23.5 Å². The minimum atomic E-state index is -0.488. The summed E-state index contributed by atoms with van der Waals surface area (Å²) in [6.45, 7) is 2.38. The number of anilines is 2. The zero-order chi connectivity index (χ0) is 21.3. The van der Waals surface area contributed by atoms with Crippen LogP contribution in [0.4, 0.5) is 15.2 Å². The topological polar surface area (TPSA) is 72.9 Å². The molecule has 0 bridgehead atoms. The molecule has 2 aromatic carbocycles. The third-order valence-corrected chi connectivity index (χ3v) is 5.72. The van der Waals surface area contributed by atoms with Crippen LogP contribution in [-0.2, 0) is 6.54 Å². The molecule has 0 aliphatic heterocycles. The summed E-state index contributed by atoms with van der Waals surface area (Å²) in [6.07, 6.45) is 0. The number of amides is 1. The van der Waals surface area contributed by atoms with Crippen LogP contribution >= 0.6 is 22.9 Å². The van der Waals surface area contributed by atoms with E-state index >= 15 is 0 Å². The summed E-state index contributed by atoms with van der Waals surface area (Å²) in [6, 6.07) is 15.4. The first-order valence-electron chi connectivity index (χ1n) is 9.13. The molecule has 1 amide bonds. The van der Waals surface area contributed by atoms with Crippen LogP contribution in [-0.4, -0.2) is 15.5 Å². The smallest absolute Gasteiger partial charge is 0.250 e. The van der Waals surface area contributed by atoms with E-state index in [1.54, 1.807) is 18.2 Å². The summed E-state index contributed by atoms with van der Waals surface area (Å²) in [7, 11) is 0. The van der Waals surface area contributed by atoms with Crippen molar-refractivity contribution in [1.29, 1.82) is 0 Å². The van der Waals surface area contributed by atoms with Gasteiger partial charge in [0.2, 0.25) is 0 Å². The molecule has 2 aromatic heterocycles. The van der Waals surface area contributed by atoms with Gasteiger partial charge in [0, 0.05) is 28.3 Å². The Labute approximate surface area is 181 Å². The lowest BCUT2D eigenvalue weighted by molar-refractivity contribution is 0.0999. The van der Waals surface area contributed by atoms with Crippen LogP contribution in [0.3, 0.4) is 0 Å². The van der Waals surface area contributed by atoms with Gasteiger partial charge in [0.05, 0.1) is 17.0 Å². The van der Waals surface area contributed by atoms with E-state index in [9.17, 15) is 9.18 Å². The molecule has 5 nitrogen and oxygen atoms in total. The Morgan fingerprint density at radius 2 is 2.00 bits per heavy atom. The summed E-state index contributed by atoms with van der Waals surface area (Å²) >= 11 is 7.55. The van der Waals surface area contributed by atoms with E-state index < -0.39 is 5.91 Å². The molecule has 0 spiro atoms. The molecule has 0 atom stereocenters. The van der Waals surface area contributed by atoms with Gasteiger partial charge >= 0.3 is 0 Å². The fraction of sp³-hybridized carbons (Fsp3) is 0.0909. The van der Waals surface area contributed by atoms with Gasteiger partial charge in [-0.1, -0.05) is 23.7 Å². The van der Waals surface area contributed by atoms with Crippen molar-refractivity contribution >= 4 is 39.7 Å². The number of nitrogens with one attached hydrogen (secondary N) is 1. The van der Waals surface area contributed by atoms with Crippen molar-refractivity contribution in [3.05, 3.63) is 87.6 Å². The molecule has 8 heteroatoms. The van der Waals surface area contributed by atoms with Gasteiger partial charge < -0.3 is 15.6 Å². The summed E-state index contributed by atoms with van der Waals surface area (Å²) in [5.74, 6) is -0.785. The maximum absolute atomic E-state index is 13.1. The first-order valence-corrected chi connectivity index (χ1v) is 10.4. The minimum Gasteiger partial charge on any atom is -0.366 e. The Balaban J connectivity index is 1.69. The highest BCUT2D eigenvalue weighted by Crippen LogP contribution is 2.31. The number of benzene rings is 2. The van der Waals surface area contributed by atoms with Crippen molar-refractivity contribution < 1.29 is 9.18 Å². The standard InChI is InChI=1S/C22H18ClFN4OS/c1-13-18(21(25)29)10-20(28(13)11-14-3-2-4-15(23)9-14)19-12-30-22(27-19)26-17-7-5-16(24)6-8-17/h2-10,12H,11H2,1H3,(H2,25,29)(H,26,27). The number of hydrogen-bond donors (Lipinski definition) is 2. The fourth-order valence-electron chi connectivity index (χ4n) is 3.23. The zero-order valence-electron chi connectivity index (χ0n) is 16.0. The number of carbonyl (C=O) groups is 1. The van der Waals surface area contributed by atoms with Crippen LogP contribution in [0.1, 0.15) is 21.6 Å². The lowest BCUT2D eigenvalue weighted by atomic mass is 10.2. The number of nitrogens with zero attached hydrogens (tertiary/aromatic N) is 2. The summed E-state index contributed by atoms with van der Waals surface area (Å²) < 4.78 is 15.1. The quantitative estimate of drug-likeness (QED) is 0.409. The third-order valence-electron chi connectivity index (χ3n) is 4.72. The highest BCUT2D eigenvalue weighted by Gasteiger charge is 2.19. The van der Waals surface area contributed by atoms with Gasteiger partial charge in [0.1, 0.15) is 5.82 Å². The Morgan fingerprint density at radius 1 is 1.23 bits per heavy atom. The molecule has 3 N–H and O–H groups in total. The van der Waals surface area contributed by atoms with Gasteiger partial charge in [-0.05, 0) is 55.0 Å². The lowest BCUT2D eigenvalue weighted by Crippen LogP contribution is -2.12. The minimum absolute atomic E-state index is 0.298. The molecule has 0 aliphatic rings. The monoisotopic (exact) mass is 440 g/mol. The van der Waals surface area contributed by atoms with E-state index in [-0.39, 0.29) is 5.82 Å². The van der Waals surface area contributed by atoms with Gasteiger partial charge in [0.25, 0.3) is 5.91 Å². The Kier molecular flexibility index (Phi) is 5.57. The molecule has 152 valence electrons. The number of halogens is 2. The first-order chi connectivity index (χ1) is 14.4. The van der Waals surface area contributed by atoms with Crippen molar-refractivity contribution in [3.63, 3.8) is 0 Å². The predicted molar refractivity (Wildman–Crippen MR) is 119 cm³/mol. The average Bonchev–Trinajstić information content (AvgIpc) is 3.29. The summed E-state index contributed by atoms with van der Waals surface area (Å²) in [5.41, 5.74) is 10.0. The van der Waals surface area contributed by atoms with Crippen molar-refractivity contribution in [2.45, 2.75) is 13.5 Å². The number of rotatable bonds is 6. The second-order valence-electron chi connectivity index (χ2n) is 6.78. The first kappa shape index (κ1) is 20.1. The summed E-state index contributed by atoms with van der Waals surface area (Å²) in [5, 5.41) is 6.37. The molecular formula is C22H18ClFN4OS. The number of nitrogens with two attached hydrogens (primary N) is 1. The van der Waals surface area contributed by atoms with Crippen LogP contribution in [0.2, 0.25) is 5.02 Å². The third kappa shape index (κ3) is 4.22. The zero-order valence-corrected chi connectivity index (χ0v) is 17.6. The number of carbonyl (C=O) groups excluding carboxylic acids is 1. The molecule has 0 radical (unpaired) electrons. The van der Waals surface area contributed by atoms with E-state index in [0.717, 1.165) is 22.6 Å². The Hall–Kier alpha value is -3.16. The molecular weight excluding hydrogens is 423 g/mol. The van der Waals surface area contributed by atoms with Gasteiger partial charge in [-0.3, -0.25) is 4.79 Å². The fourth-order valence-corrected chi connectivity index (χ4v) is 4.17. The average molecular weight is 441 g/mol. The van der Waals surface area contributed by atoms with Crippen LogP contribution in [0, 0.1) is 12.7 Å². The molecule has 2 heterocycles. The highest BCUT2D eigenvalue weighted by atomic mass is 35.5. The maximum Gasteiger partial charge on any atom is 0.250 e. The molecule has 0 saturated heterocycles. The van der Waals surface area contributed by atoms with Crippen LogP contribution in [0.25, 0.3) is 11.4 Å². The second kappa shape index (κ2) is 8.30. The van der Waals surface area contributed by atoms with Crippen molar-refractivity contribution in [1.82, 2.24) is 9.55 Å². The van der Waals surface area contributed by atoms with E-state index in [0.29, 0.717) is 28.0 Å². The molecule has 4 rings (SSSR count). The molecule has 30 heavy (non-hydrogen) atoms. The van der Waals surface area contributed by atoms with Gasteiger partial charge in [-0.15, -0.1) is 11.3 Å². The highest BCUT2D eigenvalue weighted by molar-refractivity contribution is 7.14. The SMILES string of the molecule is Cc1c(C(N)=O)cc(-c2csc(Nc3ccc(F)cc3)n2)n1Cc1cccc(Cl)c1. The number of aromatic nitrogens is 2. The predicted octanol–water partition coefficient (Wildman–Crippen LogP) is 5.60. The van der Waals surface area contributed by atoms with Crippen molar-refractivity contribution in [2.24, 2.45) is 5.73 Å². The molecule has 0 saturated carbocycles. The van der Waals surface area contributed by atoms with E-state index in [2.05, 4.69) is 10.3 Å². The Morgan fingerprint density at radius 3 is 2.70 bits per heavy atom. The Bertz CT molecular complexity index is 1220. The second-order valence-corrected chi connectivity index (χ2v) is 8.07. The van der Waals surface area contributed by atoms with E-state index in [4.69, 9.17) is 17.3 Å². The van der Waals surface area contributed by atoms with Crippen molar-refractivity contribution in [2.75, 3.05) is 5.32 Å². The maximum atomic E-state index is 13.1. The lowest BCUT2D eigenvalue weighted by Gasteiger charge is -2.11. The number of hydrogen-bond acceptors (Lipinski definition) is 4. The van der Waals surface area contributed by atoms with Gasteiger partial charge in [-0.2, -0.15) is 0 Å². The largest absolute Gasteiger partial charge is 0.366 e. The van der Waals surface area contributed by atoms with Crippen LogP contribution in [0.15, 0.2) is 60.0 Å². The van der Waals surface area contributed by atoms with Crippen LogP contribution in [0.5, 0.6) is 0 Å². The van der Waals surface area contributed by atoms with Gasteiger partial charge in [-0.25, -0.2) is 9.37 Å². The van der Waals surface area contributed by atoms with Crippen molar-refractivity contribution in [3.8, 4) is 11.4 Å².